The molecule has 7 heteroatoms. The number of anilines is 1. The van der Waals surface area contributed by atoms with Crippen molar-refractivity contribution in [1.82, 2.24) is 9.97 Å². The maximum atomic E-state index is 11.2. The first-order valence-electron chi connectivity index (χ1n) is 4.98. The van der Waals surface area contributed by atoms with Crippen LogP contribution in [0.4, 0.5) is 5.95 Å². The van der Waals surface area contributed by atoms with Crippen LogP contribution in [-0.2, 0) is 16.4 Å². The fourth-order valence-corrected chi connectivity index (χ4v) is 2.71. The van der Waals surface area contributed by atoms with Crippen LogP contribution in [-0.4, -0.2) is 48.1 Å². The molecule has 1 aliphatic rings. The summed E-state index contributed by atoms with van der Waals surface area (Å²) < 4.78 is 22.5. The van der Waals surface area contributed by atoms with Gasteiger partial charge in [-0.25, -0.2) is 18.4 Å². The number of hydrogen-bond acceptors (Lipinski definition) is 6. The molecule has 1 fully saturated rings. The van der Waals surface area contributed by atoms with Crippen molar-refractivity contribution in [2.45, 2.75) is 6.61 Å². The second-order valence-corrected chi connectivity index (χ2v) is 5.99. The Morgan fingerprint density at radius 1 is 1.25 bits per heavy atom. The van der Waals surface area contributed by atoms with Gasteiger partial charge in [0.1, 0.15) is 0 Å². The van der Waals surface area contributed by atoms with Crippen molar-refractivity contribution in [2.75, 3.05) is 29.5 Å². The largest absolute Gasteiger partial charge is 0.392 e. The zero-order chi connectivity index (χ0) is 11.6. The van der Waals surface area contributed by atoms with Gasteiger partial charge in [-0.2, -0.15) is 0 Å². The number of hydrogen-bond donors (Lipinski definition) is 1. The van der Waals surface area contributed by atoms with Gasteiger partial charge in [0, 0.05) is 31.0 Å². The van der Waals surface area contributed by atoms with E-state index in [2.05, 4.69) is 9.97 Å². The summed E-state index contributed by atoms with van der Waals surface area (Å²) in [5.41, 5.74) is 0.647. The van der Waals surface area contributed by atoms with E-state index in [1.165, 1.54) is 0 Å². The van der Waals surface area contributed by atoms with E-state index in [-0.39, 0.29) is 18.1 Å². The van der Waals surface area contributed by atoms with Crippen molar-refractivity contribution in [3.05, 3.63) is 18.0 Å². The third kappa shape index (κ3) is 2.48. The van der Waals surface area contributed by atoms with Crippen LogP contribution >= 0.6 is 0 Å². The van der Waals surface area contributed by atoms with Crippen LogP contribution < -0.4 is 4.90 Å². The van der Waals surface area contributed by atoms with Gasteiger partial charge >= 0.3 is 0 Å². The molecule has 0 aromatic carbocycles. The van der Waals surface area contributed by atoms with Gasteiger partial charge in [0.2, 0.25) is 5.95 Å². The van der Waals surface area contributed by atoms with E-state index in [0.717, 1.165) is 0 Å². The minimum Gasteiger partial charge on any atom is -0.392 e. The zero-order valence-corrected chi connectivity index (χ0v) is 9.52. The second-order valence-electron chi connectivity index (χ2n) is 3.69. The van der Waals surface area contributed by atoms with E-state index in [1.54, 1.807) is 12.4 Å². The van der Waals surface area contributed by atoms with Crippen molar-refractivity contribution in [2.24, 2.45) is 0 Å². The Balaban J connectivity index is 2.08. The summed E-state index contributed by atoms with van der Waals surface area (Å²) in [6.45, 7) is 0.774. The fourth-order valence-electron chi connectivity index (χ4n) is 1.51. The minimum absolute atomic E-state index is 0.0886. The van der Waals surface area contributed by atoms with Crippen LogP contribution in [0.5, 0.6) is 0 Å². The first kappa shape index (κ1) is 11.3. The predicted octanol–water partition coefficient (Wildman–Crippen LogP) is -0.796. The van der Waals surface area contributed by atoms with E-state index in [4.69, 9.17) is 5.11 Å². The highest BCUT2D eigenvalue weighted by atomic mass is 32.2. The van der Waals surface area contributed by atoms with Crippen LogP contribution in [0.15, 0.2) is 12.4 Å². The van der Waals surface area contributed by atoms with Crippen LogP contribution in [0.2, 0.25) is 0 Å². The lowest BCUT2D eigenvalue weighted by molar-refractivity contribution is 0.281. The highest BCUT2D eigenvalue weighted by molar-refractivity contribution is 7.91. The SMILES string of the molecule is O=S1(=O)CCN(c2ncc(CO)cn2)CC1. The van der Waals surface area contributed by atoms with E-state index >= 15 is 0 Å². The average molecular weight is 243 g/mol. The average Bonchev–Trinajstić information content (AvgIpc) is 2.29. The van der Waals surface area contributed by atoms with Crippen molar-refractivity contribution in [1.29, 1.82) is 0 Å². The molecular weight excluding hydrogens is 230 g/mol. The van der Waals surface area contributed by atoms with Gasteiger partial charge in [-0.3, -0.25) is 0 Å². The standard InChI is InChI=1S/C9H13N3O3S/c13-7-8-5-10-9(11-6-8)12-1-3-16(14,15)4-2-12/h5-6,13H,1-4,7H2. The maximum Gasteiger partial charge on any atom is 0.225 e. The first-order chi connectivity index (χ1) is 7.61. The van der Waals surface area contributed by atoms with Crippen LogP contribution in [0.1, 0.15) is 5.56 Å². The molecule has 88 valence electrons. The summed E-state index contributed by atoms with van der Waals surface area (Å²) in [4.78, 5) is 10.00. The molecule has 1 N–H and O–H groups in total. The van der Waals surface area contributed by atoms with E-state index in [1.807, 2.05) is 4.90 Å². The third-order valence-electron chi connectivity index (χ3n) is 2.50. The molecule has 6 nitrogen and oxygen atoms in total. The molecule has 0 amide bonds. The van der Waals surface area contributed by atoms with Crippen LogP contribution in [0.3, 0.4) is 0 Å². The van der Waals surface area contributed by atoms with Gasteiger partial charge in [0.15, 0.2) is 9.84 Å². The molecule has 1 aromatic heterocycles. The van der Waals surface area contributed by atoms with Gasteiger partial charge < -0.3 is 10.0 Å². The molecule has 0 saturated carbocycles. The smallest absolute Gasteiger partial charge is 0.225 e. The molecule has 1 aromatic rings. The number of aliphatic hydroxyl groups excluding tert-OH is 1. The number of nitrogens with zero attached hydrogens (tertiary/aromatic N) is 3. The molecule has 0 bridgehead atoms. The zero-order valence-electron chi connectivity index (χ0n) is 8.70. The summed E-state index contributed by atoms with van der Waals surface area (Å²) in [5.74, 6) is 0.822. The Kier molecular flexibility index (Phi) is 3.06. The van der Waals surface area contributed by atoms with Crippen molar-refractivity contribution >= 4 is 15.8 Å². The molecule has 16 heavy (non-hydrogen) atoms. The number of sulfone groups is 1. The lowest BCUT2D eigenvalue weighted by Gasteiger charge is -2.26. The monoisotopic (exact) mass is 243 g/mol. The summed E-state index contributed by atoms with van der Waals surface area (Å²) in [7, 11) is -2.87. The van der Waals surface area contributed by atoms with Gasteiger partial charge in [-0.1, -0.05) is 0 Å². The molecule has 0 aliphatic carbocycles. The fraction of sp³-hybridized carbons (Fsp3) is 0.556. The Bertz CT molecular complexity index is 443. The molecule has 1 aliphatic heterocycles. The quantitative estimate of drug-likeness (QED) is 0.732. The molecule has 0 spiro atoms. The highest BCUT2D eigenvalue weighted by Gasteiger charge is 2.22. The topological polar surface area (TPSA) is 83.4 Å². The number of rotatable bonds is 2. The first-order valence-corrected chi connectivity index (χ1v) is 6.80. The highest BCUT2D eigenvalue weighted by Crippen LogP contribution is 2.11. The van der Waals surface area contributed by atoms with E-state index in [9.17, 15) is 8.42 Å². The summed E-state index contributed by atoms with van der Waals surface area (Å²) in [6.07, 6.45) is 3.09. The molecular formula is C9H13N3O3S. The summed E-state index contributed by atoms with van der Waals surface area (Å²) in [6, 6.07) is 0. The Morgan fingerprint density at radius 3 is 2.31 bits per heavy atom. The van der Waals surface area contributed by atoms with Gasteiger partial charge in [0.25, 0.3) is 0 Å². The summed E-state index contributed by atoms with van der Waals surface area (Å²) in [5, 5.41) is 8.83. The van der Waals surface area contributed by atoms with Gasteiger partial charge in [-0.05, 0) is 0 Å². The number of aromatic nitrogens is 2. The van der Waals surface area contributed by atoms with Gasteiger partial charge in [-0.15, -0.1) is 0 Å². The summed E-state index contributed by atoms with van der Waals surface area (Å²) >= 11 is 0. The minimum atomic E-state index is -2.87. The normalized spacial score (nSPS) is 19.7. The molecule has 2 rings (SSSR count). The Hall–Kier alpha value is -1.21. The maximum absolute atomic E-state index is 11.2. The van der Waals surface area contributed by atoms with E-state index < -0.39 is 9.84 Å². The number of aliphatic hydroxyl groups is 1. The van der Waals surface area contributed by atoms with Gasteiger partial charge in [0.05, 0.1) is 18.1 Å². The van der Waals surface area contributed by atoms with Crippen LogP contribution in [0.25, 0.3) is 0 Å². The second kappa shape index (κ2) is 4.34. The lowest BCUT2D eigenvalue weighted by Crippen LogP contribution is -2.41. The van der Waals surface area contributed by atoms with Crippen molar-refractivity contribution in [3.63, 3.8) is 0 Å². The van der Waals surface area contributed by atoms with E-state index in [0.29, 0.717) is 24.6 Å². The van der Waals surface area contributed by atoms with Crippen LogP contribution in [0, 0.1) is 0 Å². The molecule has 0 atom stereocenters. The Labute approximate surface area is 93.9 Å². The molecule has 1 saturated heterocycles. The molecule has 0 radical (unpaired) electrons. The lowest BCUT2D eigenvalue weighted by atomic mass is 10.4. The third-order valence-corrected chi connectivity index (χ3v) is 4.11. The van der Waals surface area contributed by atoms with Crippen molar-refractivity contribution in [3.8, 4) is 0 Å². The Morgan fingerprint density at radius 2 is 1.81 bits per heavy atom. The van der Waals surface area contributed by atoms with Crippen molar-refractivity contribution < 1.29 is 13.5 Å². The predicted molar refractivity (Wildman–Crippen MR) is 58.8 cm³/mol. The molecule has 0 unspecified atom stereocenters. The molecule has 2 heterocycles.